The Kier molecular flexibility index (Phi) is 13.0. The van der Waals surface area contributed by atoms with Gasteiger partial charge in [0.1, 0.15) is 39.0 Å². The van der Waals surface area contributed by atoms with Crippen molar-refractivity contribution in [3.8, 4) is 0 Å². The molecule has 32 heavy (non-hydrogen) atoms. The van der Waals surface area contributed by atoms with Crippen LogP contribution in [0.15, 0.2) is 12.2 Å². The van der Waals surface area contributed by atoms with Crippen molar-refractivity contribution >= 4 is 31.6 Å². The Hall–Kier alpha value is -2.31. The fourth-order valence-electron chi connectivity index (χ4n) is 1.72. The monoisotopic (exact) mass is 482 g/mol. The van der Waals surface area contributed by atoms with E-state index in [9.17, 15) is 28.6 Å². The van der Waals surface area contributed by atoms with Gasteiger partial charge in [-0.1, -0.05) is 6.58 Å². The van der Waals surface area contributed by atoms with Gasteiger partial charge in [0, 0.05) is 12.5 Å². The molecule has 2 amide bonds. The first kappa shape index (κ1) is 29.7. The summed E-state index contributed by atoms with van der Waals surface area (Å²) in [6.07, 6.45) is -1.32. The minimum atomic E-state index is -4.55. The van der Waals surface area contributed by atoms with E-state index < -0.39 is 57.4 Å². The first-order valence-electron chi connectivity index (χ1n) is 9.57. The van der Waals surface area contributed by atoms with E-state index in [0.717, 1.165) is 0 Å². The van der Waals surface area contributed by atoms with Crippen LogP contribution in [0.4, 0.5) is 0 Å². The van der Waals surface area contributed by atoms with Crippen molar-refractivity contribution < 1.29 is 51.6 Å². The number of hydrogen-bond donors (Lipinski definition) is 3. The number of likely N-dealkylation sites (N-methyl/N-ethyl adjacent to an activating group) is 1. The number of phosphoric acid groups is 1. The Morgan fingerprint density at radius 1 is 1.03 bits per heavy atom. The number of carbonyl (C=O) groups is 4. The molecule has 2 atom stereocenters. The van der Waals surface area contributed by atoms with Gasteiger partial charge in [-0.05, 0) is 6.92 Å². The Bertz CT molecular complexity index is 735. The lowest BCUT2D eigenvalue weighted by atomic mass is 10.3. The van der Waals surface area contributed by atoms with Crippen molar-refractivity contribution in [3.63, 3.8) is 0 Å². The second-order valence-electron chi connectivity index (χ2n) is 7.79. The van der Waals surface area contributed by atoms with Gasteiger partial charge in [0.05, 0.1) is 27.7 Å². The zero-order valence-corrected chi connectivity index (χ0v) is 19.9. The van der Waals surface area contributed by atoms with Gasteiger partial charge in [-0.15, -0.1) is 0 Å². The number of ether oxygens (including phenoxy) is 2. The second-order valence-corrected chi connectivity index (χ2v) is 9.20. The molecule has 184 valence electrons. The van der Waals surface area contributed by atoms with Gasteiger partial charge in [0.15, 0.2) is 0 Å². The summed E-state index contributed by atoms with van der Waals surface area (Å²) < 4.78 is 32.4. The lowest BCUT2D eigenvalue weighted by Crippen LogP contribution is -2.39. The van der Waals surface area contributed by atoms with Crippen molar-refractivity contribution in [3.05, 3.63) is 12.2 Å². The van der Waals surface area contributed by atoms with Crippen LogP contribution in [-0.2, 0) is 42.3 Å². The molecule has 0 bridgehead atoms. The Morgan fingerprint density at radius 3 is 2.16 bits per heavy atom. The van der Waals surface area contributed by atoms with Crippen LogP contribution in [0.2, 0.25) is 0 Å². The zero-order chi connectivity index (χ0) is 24.9. The number of quaternary nitrogens is 1. The number of hydrogen-bond acceptors (Lipinski definition) is 9. The molecule has 0 heterocycles. The number of nitrogens with one attached hydrogen (secondary N) is 2. The molecule has 0 aromatic carbocycles. The van der Waals surface area contributed by atoms with Gasteiger partial charge < -0.3 is 29.5 Å². The number of nitrogens with zero attached hydrogens (tertiary/aromatic N) is 1. The van der Waals surface area contributed by atoms with Crippen LogP contribution < -0.4 is 10.6 Å². The van der Waals surface area contributed by atoms with Crippen molar-refractivity contribution in [1.29, 1.82) is 0 Å². The molecule has 0 rings (SSSR count). The maximum absolute atomic E-state index is 12.2. The number of amides is 2. The second kappa shape index (κ2) is 14.0. The SMILES string of the molecule is C=C(C)C(=O)OCC(COC(=O)CNC(=O)CNC(C)=O)OP(=O)(O)OCC[N+](C)(C)C. The summed E-state index contributed by atoms with van der Waals surface area (Å²) in [5.41, 5.74) is 0.0917. The van der Waals surface area contributed by atoms with E-state index in [0.29, 0.717) is 11.0 Å². The Morgan fingerprint density at radius 2 is 1.62 bits per heavy atom. The number of phosphoric ester groups is 1. The highest BCUT2D eigenvalue weighted by Gasteiger charge is 2.29. The summed E-state index contributed by atoms with van der Waals surface area (Å²) in [7, 11) is 1.03. The van der Waals surface area contributed by atoms with E-state index in [1.54, 1.807) is 0 Å². The smallest absolute Gasteiger partial charge is 0.461 e. The zero-order valence-electron chi connectivity index (χ0n) is 19.0. The summed E-state index contributed by atoms with van der Waals surface area (Å²) in [4.78, 5) is 55.6. The number of carbonyl (C=O) groups excluding carboxylic acids is 4. The normalized spacial score (nSPS) is 13.9. The first-order valence-corrected chi connectivity index (χ1v) is 11.1. The largest absolute Gasteiger partial charge is 0.472 e. The van der Waals surface area contributed by atoms with Gasteiger partial charge in [-0.2, -0.15) is 0 Å². The molecular formula is C18H33N3O10P+. The molecule has 14 heteroatoms. The first-order chi connectivity index (χ1) is 14.6. The average Bonchev–Trinajstić information content (AvgIpc) is 2.64. The van der Waals surface area contributed by atoms with Crippen LogP contribution in [-0.4, -0.2) is 99.8 Å². The highest BCUT2D eigenvalue weighted by Crippen LogP contribution is 2.44. The van der Waals surface area contributed by atoms with E-state index in [1.807, 2.05) is 21.1 Å². The molecule has 0 fully saturated rings. The maximum atomic E-state index is 12.2. The van der Waals surface area contributed by atoms with E-state index in [-0.39, 0.29) is 18.7 Å². The molecule has 0 aromatic rings. The van der Waals surface area contributed by atoms with Crippen molar-refractivity contribution in [2.45, 2.75) is 20.0 Å². The molecule has 2 unspecified atom stereocenters. The lowest BCUT2D eigenvalue weighted by Gasteiger charge is -2.25. The van der Waals surface area contributed by atoms with Gasteiger partial charge in [-0.25, -0.2) is 9.36 Å². The summed E-state index contributed by atoms with van der Waals surface area (Å²) in [6.45, 7) is 4.46. The van der Waals surface area contributed by atoms with E-state index >= 15 is 0 Å². The van der Waals surface area contributed by atoms with E-state index in [2.05, 4.69) is 17.2 Å². The Balaban J connectivity index is 4.77. The fourth-order valence-corrected chi connectivity index (χ4v) is 2.60. The summed E-state index contributed by atoms with van der Waals surface area (Å²) in [5, 5.41) is 4.48. The van der Waals surface area contributed by atoms with E-state index in [4.69, 9.17) is 18.5 Å². The highest BCUT2D eigenvalue weighted by molar-refractivity contribution is 7.47. The molecule has 0 aliphatic heterocycles. The highest BCUT2D eigenvalue weighted by atomic mass is 31.2. The van der Waals surface area contributed by atoms with Crippen LogP contribution in [0.25, 0.3) is 0 Å². The van der Waals surface area contributed by atoms with Crippen LogP contribution >= 0.6 is 7.82 Å². The van der Waals surface area contributed by atoms with Crippen molar-refractivity contribution in [2.75, 3.05) is 60.6 Å². The van der Waals surface area contributed by atoms with Crippen LogP contribution in [0.1, 0.15) is 13.8 Å². The average molecular weight is 482 g/mol. The minimum Gasteiger partial charge on any atom is -0.461 e. The molecule has 0 aromatic heterocycles. The van der Waals surface area contributed by atoms with E-state index in [1.165, 1.54) is 13.8 Å². The predicted molar refractivity (Wildman–Crippen MR) is 112 cm³/mol. The number of rotatable bonds is 15. The molecular weight excluding hydrogens is 449 g/mol. The topological polar surface area (TPSA) is 167 Å². The molecule has 0 spiro atoms. The number of esters is 2. The van der Waals surface area contributed by atoms with Crippen LogP contribution in [0, 0.1) is 0 Å². The maximum Gasteiger partial charge on any atom is 0.472 e. The summed E-state index contributed by atoms with van der Waals surface area (Å²) >= 11 is 0. The quantitative estimate of drug-likeness (QED) is 0.115. The molecule has 0 aliphatic rings. The standard InChI is InChI=1S/C18H32N3O10P/c1-13(2)18(25)29-12-15(31-32(26,27)30-8-7-21(4,5)6)11-28-17(24)10-20-16(23)9-19-14(3)22/h15H,1,7-12H2,2-6H3,(H2-,19,20,22,23,26,27)/p+1. The predicted octanol–water partition coefficient (Wildman–Crippen LogP) is -0.890. The van der Waals surface area contributed by atoms with Crippen LogP contribution in [0.5, 0.6) is 0 Å². The Labute approximate surface area is 187 Å². The molecule has 0 saturated heterocycles. The van der Waals surface area contributed by atoms with Gasteiger partial charge in [0.25, 0.3) is 0 Å². The van der Waals surface area contributed by atoms with Gasteiger partial charge in [0.2, 0.25) is 11.8 Å². The third kappa shape index (κ3) is 16.4. The molecule has 3 N–H and O–H groups in total. The van der Waals surface area contributed by atoms with Crippen molar-refractivity contribution in [2.24, 2.45) is 0 Å². The van der Waals surface area contributed by atoms with Gasteiger partial charge >= 0.3 is 19.8 Å². The third-order valence-corrected chi connectivity index (χ3v) is 4.48. The molecule has 13 nitrogen and oxygen atoms in total. The van der Waals surface area contributed by atoms with Gasteiger partial charge in [-0.3, -0.25) is 23.4 Å². The third-order valence-electron chi connectivity index (χ3n) is 3.41. The van der Waals surface area contributed by atoms with Crippen LogP contribution in [0.3, 0.4) is 0 Å². The molecule has 0 aliphatic carbocycles. The minimum absolute atomic E-state index is 0.0876. The molecule has 0 radical (unpaired) electrons. The van der Waals surface area contributed by atoms with Crippen molar-refractivity contribution in [1.82, 2.24) is 10.6 Å². The summed E-state index contributed by atoms with van der Waals surface area (Å²) in [5.74, 6) is -2.69. The molecule has 0 saturated carbocycles. The lowest BCUT2D eigenvalue weighted by molar-refractivity contribution is -0.870. The fraction of sp³-hybridized carbons (Fsp3) is 0.667. The summed E-state index contributed by atoms with van der Waals surface area (Å²) in [6, 6.07) is 0.